The van der Waals surface area contributed by atoms with Crippen LogP contribution in [0.2, 0.25) is 0 Å². The van der Waals surface area contributed by atoms with Crippen LogP contribution in [0.25, 0.3) is 0 Å². The molecule has 126 valence electrons. The summed E-state index contributed by atoms with van der Waals surface area (Å²) >= 11 is 0. The lowest BCUT2D eigenvalue weighted by Gasteiger charge is -2.36. The lowest BCUT2D eigenvalue weighted by Crippen LogP contribution is -2.48. The van der Waals surface area contributed by atoms with Crippen molar-refractivity contribution in [1.29, 1.82) is 0 Å². The molecule has 3 rings (SSSR count). The van der Waals surface area contributed by atoms with Crippen LogP contribution in [0.5, 0.6) is 5.75 Å². The molecular formula is C16H22N2O4S. The van der Waals surface area contributed by atoms with Crippen molar-refractivity contribution in [3.05, 3.63) is 24.3 Å². The molecule has 0 saturated carbocycles. The fourth-order valence-electron chi connectivity index (χ4n) is 3.20. The Kier molecular flexibility index (Phi) is 4.59. The summed E-state index contributed by atoms with van der Waals surface area (Å²) in [6, 6.07) is 7.48. The van der Waals surface area contributed by atoms with Crippen LogP contribution in [0.4, 0.5) is 5.69 Å². The summed E-state index contributed by atoms with van der Waals surface area (Å²) in [5.74, 6) is 0.503. The molecule has 0 radical (unpaired) electrons. The monoisotopic (exact) mass is 338 g/mol. The first kappa shape index (κ1) is 16.3. The van der Waals surface area contributed by atoms with Crippen LogP contribution in [0.1, 0.15) is 19.8 Å². The molecule has 1 amide bonds. The summed E-state index contributed by atoms with van der Waals surface area (Å²) in [7, 11) is -3.24. The molecule has 2 aliphatic heterocycles. The standard InChI is InChI=1S/C16H22N2O4S/c1-2-23(20,21)17-9-5-6-13(12-17)16(19)18-10-11-22-15-8-4-3-7-14(15)18/h3-4,7-8,13H,2,5-6,9-12H2,1H3. The maximum Gasteiger partial charge on any atom is 0.231 e. The van der Waals surface area contributed by atoms with Crippen LogP contribution >= 0.6 is 0 Å². The first-order valence-corrected chi connectivity index (χ1v) is 9.65. The molecule has 0 aliphatic carbocycles. The summed E-state index contributed by atoms with van der Waals surface area (Å²) in [5.41, 5.74) is 0.777. The van der Waals surface area contributed by atoms with Crippen LogP contribution < -0.4 is 9.64 Å². The molecular weight excluding hydrogens is 316 g/mol. The average molecular weight is 338 g/mol. The maximum absolute atomic E-state index is 12.9. The quantitative estimate of drug-likeness (QED) is 0.837. The normalized spacial score (nSPS) is 22.3. The van der Waals surface area contributed by atoms with Crippen molar-refractivity contribution in [3.8, 4) is 5.75 Å². The van der Waals surface area contributed by atoms with Crippen LogP contribution in [0.3, 0.4) is 0 Å². The molecule has 2 heterocycles. The number of piperidine rings is 1. The Hall–Kier alpha value is -1.60. The highest BCUT2D eigenvalue weighted by atomic mass is 32.2. The number of sulfonamides is 1. The summed E-state index contributed by atoms with van der Waals surface area (Å²) < 4.78 is 31.2. The number of ether oxygens (including phenoxy) is 1. The van der Waals surface area contributed by atoms with Gasteiger partial charge >= 0.3 is 0 Å². The van der Waals surface area contributed by atoms with Crippen LogP contribution in [0, 0.1) is 5.92 Å². The van der Waals surface area contributed by atoms with Crippen molar-refractivity contribution in [3.63, 3.8) is 0 Å². The van der Waals surface area contributed by atoms with E-state index in [1.54, 1.807) is 11.8 Å². The van der Waals surface area contributed by atoms with E-state index in [0.29, 0.717) is 25.4 Å². The van der Waals surface area contributed by atoms with Gasteiger partial charge in [-0.2, -0.15) is 0 Å². The molecule has 1 aromatic rings. The molecule has 0 N–H and O–H groups in total. The summed E-state index contributed by atoms with van der Waals surface area (Å²) in [6.45, 7) is 3.41. The largest absolute Gasteiger partial charge is 0.490 e. The molecule has 1 saturated heterocycles. The highest BCUT2D eigenvalue weighted by Gasteiger charge is 2.35. The Morgan fingerprint density at radius 2 is 2.09 bits per heavy atom. The SMILES string of the molecule is CCS(=O)(=O)N1CCCC(C(=O)N2CCOc3ccccc32)C1. The fraction of sp³-hybridized carbons (Fsp3) is 0.562. The van der Waals surface area contributed by atoms with Gasteiger partial charge in [0.25, 0.3) is 0 Å². The highest BCUT2D eigenvalue weighted by Crippen LogP contribution is 2.33. The number of nitrogens with zero attached hydrogens (tertiary/aromatic N) is 2. The van der Waals surface area contributed by atoms with Gasteiger partial charge in [-0.25, -0.2) is 12.7 Å². The first-order chi connectivity index (χ1) is 11.0. The van der Waals surface area contributed by atoms with Crippen molar-refractivity contribution in [2.45, 2.75) is 19.8 Å². The number of benzene rings is 1. The predicted molar refractivity (Wildman–Crippen MR) is 88.0 cm³/mol. The molecule has 1 atom stereocenters. The second-order valence-electron chi connectivity index (χ2n) is 5.90. The molecule has 2 aliphatic rings. The van der Waals surface area contributed by atoms with Crippen LogP contribution in [0.15, 0.2) is 24.3 Å². The number of hydrogen-bond acceptors (Lipinski definition) is 4. The first-order valence-electron chi connectivity index (χ1n) is 8.04. The van der Waals surface area contributed by atoms with E-state index in [1.807, 2.05) is 24.3 Å². The van der Waals surface area contributed by atoms with Gasteiger partial charge in [0.2, 0.25) is 15.9 Å². The van der Waals surface area contributed by atoms with Crippen molar-refractivity contribution in [1.82, 2.24) is 4.31 Å². The Balaban J connectivity index is 1.79. The van der Waals surface area contributed by atoms with E-state index < -0.39 is 10.0 Å². The number of anilines is 1. The Labute approximate surface area is 137 Å². The summed E-state index contributed by atoms with van der Waals surface area (Å²) in [5, 5.41) is 0. The maximum atomic E-state index is 12.9. The van der Waals surface area contributed by atoms with Crippen molar-refractivity contribution >= 4 is 21.6 Å². The Bertz CT molecular complexity index is 689. The second-order valence-corrected chi connectivity index (χ2v) is 8.16. The van der Waals surface area contributed by atoms with E-state index in [0.717, 1.165) is 18.5 Å². The number of para-hydroxylation sites is 2. The van der Waals surface area contributed by atoms with Crippen LogP contribution in [-0.4, -0.2) is 50.6 Å². The Morgan fingerprint density at radius 1 is 1.30 bits per heavy atom. The van der Waals surface area contributed by atoms with Crippen LogP contribution in [-0.2, 0) is 14.8 Å². The zero-order valence-electron chi connectivity index (χ0n) is 13.3. The minimum Gasteiger partial charge on any atom is -0.490 e. The minimum atomic E-state index is -3.24. The number of rotatable bonds is 3. The third-order valence-corrected chi connectivity index (χ3v) is 6.33. The van der Waals surface area contributed by atoms with Crippen molar-refractivity contribution in [2.24, 2.45) is 5.92 Å². The average Bonchev–Trinajstić information content (AvgIpc) is 2.60. The van der Waals surface area contributed by atoms with E-state index >= 15 is 0 Å². The molecule has 0 spiro atoms. The zero-order chi connectivity index (χ0) is 16.4. The molecule has 0 aromatic heterocycles. The lowest BCUT2D eigenvalue weighted by atomic mass is 9.97. The van der Waals surface area contributed by atoms with E-state index in [9.17, 15) is 13.2 Å². The zero-order valence-corrected chi connectivity index (χ0v) is 14.1. The minimum absolute atomic E-state index is 0.00301. The smallest absolute Gasteiger partial charge is 0.231 e. The number of carbonyl (C=O) groups excluding carboxylic acids is 1. The lowest BCUT2D eigenvalue weighted by molar-refractivity contribution is -0.123. The van der Waals surface area contributed by atoms with Gasteiger partial charge in [-0.15, -0.1) is 0 Å². The Morgan fingerprint density at radius 3 is 2.87 bits per heavy atom. The van der Waals surface area contributed by atoms with E-state index in [4.69, 9.17) is 4.74 Å². The van der Waals surface area contributed by atoms with E-state index in [2.05, 4.69) is 0 Å². The van der Waals surface area contributed by atoms with Gasteiger partial charge in [0.05, 0.1) is 23.9 Å². The van der Waals surface area contributed by atoms with Gasteiger partial charge in [-0.3, -0.25) is 4.79 Å². The second kappa shape index (κ2) is 6.49. The molecule has 23 heavy (non-hydrogen) atoms. The fourth-order valence-corrected chi connectivity index (χ4v) is 4.38. The van der Waals surface area contributed by atoms with E-state index in [-0.39, 0.29) is 24.1 Å². The highest BCUT2D eigenvalue weighted by molar-refractivity contribution is 7.89. The molecule has 0 bridgehead atoms. The summed E-state index contributed by atoms with van der Waals surface area (Å²) in [4.78, 5) is 14.7. The van der Waals surface area contributed by atoms with Gasteiger partial charge in [0, 0.05) is 13.1 Å². The number of hydrogen-bond donors (Lipinski definition) is 0. The third kappa shape index (κ3) is 3.21. The van der Waals surface area contributed by atoms with Crippen molar-refractivity contribution < 1.29 is 17.9 Å². The van der Waals surface area contributed by atoms with E-state index in [1.165, 1.54) is 4.31 Å². The van der Waals surface area contributed by atoms with Gasteiger partial charge in [0.15, 0.2) is 0 Å². The topological polar surface area (TPSA) is 66.9 Å². The van der Waals surface area contributed by atoms with Gasteiger partial charge in [-0.05, 0) is 31.9 Å². The number of amides is 1. The molecule has 1 unspecified atom stereocenters. The molecule has 1 aromatic carbocycles. The number of carbonyl (C=O) groups is 1. The predicted octanol–water partition coefficient (Wildman–Crippen LogP) is 1.47. The molecule has 6 nitrogen and oxygen atoms in total. The van der Waals surface area contributed by atoms with Crippen molar-refractivity contribution in [2.75, 3.05) is 36.9 Å². The molecule has 7 heteroatoms. The summed E-state index contributed by atoms with van der Waals surface area (Å²) in [6.07, 6.45) is 1.45. The van der Waals surface area contributed by atoms with Gasteiger partial charge in [-0.1, -0.05) is 12.1 Å². The third-order valence-electron chi connectivity index (χ3n) is 4.49. The van der Waals surface area contributed by atoms with Gasteiger partial charge in [0.1, 0.15) is 12.4 Å². The van der Waals surface area contributed by atoms with Gasteiger partial charge < -0.3 is 9.64 Å². The number of fused-ring (bicyclic) bond motifs is 1. The molecule has 1 fully saturated rings.